The zero-order valence-electron chi connectivity index (χ0n) is 12.2. The summed E-state index contributed by atoms with van der Waals surface area (Å²) in [5.74, 6) is 1.75. The number of hydrogen-bond acceptors (Lipinski definition) is 5. The quantitative estimate of drug-likeness (QED) is 0.800. The smallest absolute Gasteiger partial charge is 0.150 e. The fourth-order valence-corrected chi connectivity index (χ4v) is 4.73. The fourth-order valence-electron chi connectivity index (χ4n) is 2.85. The van der Waals surface area contributed by atoms with Gasteiger partial charge >= 0.3 is 0 Å². The van der Waals surface area contributed by atoms with Gasteiger partial charge < -0.3 is 5.32 Å². The van der Waals surface area contributed by atoms with Crippen molar-refractivity contribution in [2.24, 2.45) is 5.92 Å². The van der Waals surface area contributed by atoms with E-state index in [1.165, 1.54) is 0 Å². The van der Waals surface area contributed by atoms with Crippen LogP contribution in [0.2, 0.25) is 0 Å². The molecule has 0 aromatic carbocycles. The average molecular weight is 300 g/mol. The zero-order valence-corrected chi connectivity index (χ0v) is 13.1. The van der Waals surface area contributed by atoms with E-state index >= 15 is 0 Å². The van der Waals surface area contributed by atoms with Crippen molar-refractivity contribution in [2.75, 3.05) is 18.1 Å². The molecule has 7 heteroatoms. The number of hydrogen-bond donors (Lipinski definition) is 1. The molecular formula is C13H24N4O2S. The van der Waals surface area contributed by atoms with Gasteiger partial charge in [-0.1, -0.05) is 13.8 Å². The molecule has 2 heterocycles. The van der Waals surface area contributed by atoms with E-state index in [0.717, 1.165) is 38.2 Å². The van der Waals surface area contributed by atoms with Crippen molar-refractivity contribution >= 4 is 9.84 Å². The SMILES string of the molecule is CCCn1ncnc1CC(NCC)C1CCS(=O)(=O)C1. The Morgan fingerprint density at radius 2 is 2.30 bits per heavy atom. The average Bonchev–Trinajstić information content (AvgIpc) is 2.96. The summed E-state index contributed by atoms with van der Waals surface area (Å²) < 4.78 is 25.2. The number of likely N-dealkylation sites (N-methyl/N-ethyl adjacent to an activating group) is 1. The van der Waals surface area contributed by atoms with E-state index in [4.69, 9.17) is 0 Å². The van der Waals surface area contributed by atoms with Crippen LogP contribution in [0.4, 0.5) is 0 Å². The van der Waals surface area contributed by atoms with Crippen LogP contribution in [-0.2, 0) is 22.8 Å². The molecule has 0 spiro atoms. The Balaban J connectivity index is 2.07. The third-order valence-corrected chi connectivity index (χ3v) is 5.63. The molecule has 20 heavy (non-hydrogen) atoms. The highest BCUT2D eigenvalue weighted by Gasteiger charge is 2.34. The van der Waals surface area contributed by atoms with E-state index in [2.05, 4.69) is 22.3 Å². The molecule has 2 rings (SSSR count). The first-order chi connectivity index (χ1) is 9.55. The summed E-state index contributed by atoms with van der Waals surface area (Å²) in [4.78, 5) is 4.33. The Morgan fingerprint density at radius 1 is 1.50 bits per heavy atom. The topological polar surface area (TPSA) is 76.9 Å². The maximum Gasteiger partial charge on any atom is 0.150 e. The molecule has 1 aromatic heterocycles. The summed E-state index contributed by atoms with van der Waals surface area (Å²) in [5, 5.41) is 7.66. The third-order valence-electron chi connectivity index (χ3n) is 3.84. The lowest BCUT2D eigenvalue weighted by Crippen LogP contribution is -2.39. The van der Waals surface area contributed by atoms with Gasteiger partial charge in [-0.25, -0.2) is 13.4 Å². The molecule has 6 nitrogen and oxygen atoms in total. The van der Waals surface area contributed by atoms with Crippen LogP contribution in [-0.4, -0.2) is 47.3 Å². The molecule has 1 fully saturated rings. The Hall–Kier alpha value is -0.950. The molecule has 1 aliphatic rings. The van der Waals surface area contributed by atoms with E-state index in [9.17, 15) is 8.42 Å². The van der Waals surface area contributed by atoms with Gasteiger partial charge in [0, 0.05) is 19.0 Å². The Morgan fingerprint density at radius 3 is 2.90 bits per heavy atom. The monoisotopic (exact) mass is 300 g/mol. The van der Waals surface area contributed by atoms with Crippen molar-refractivity contribution < 1.29 is 8.42 Å². The minimum absolute atomic E-state index is 0.164. The van der Waals surface area contributed by atoms with Crippen molar-refractivity contribution in [1.29, 1.82) is 0 Å². The summed E-state index contributed by atoms with van der Waals surface area (Å²) in [6.07, 6.45) is 4.09. The second-order valence-corrected chi connectivity index (χ2v) is 7.66. The minimum Gasteiger partial charge on any atom is -0.313 e. The van der Waals surface area contributed by atoms with Crippen LogP contribution in [0.5, 0.6) is 0 Å². The maximum absolute atomic E-state index is 11.7. The highest BCUT2D eigenvalue weighted by molar-refractivity contribution is 7.91. The van der Waals surface area contributed by atoms with Crippen LogP contribution in [0.1, 0.15) is 32.5 Å². The normalized spacial score (nSPS) is 23.0. The van der Waals surface area contributed by atoms with Gasteiger partial charge in [-0.05, 0) is 25.3 Å². The number of sulfone groups is 1. The van der Waals surface area contributed by atoms with Crippen LogP contribution in [0, 0.1) is 5.92 Å². The van der Waals surface area contributed by atoms with Gasteiger partial charge in [0.15, 0.2) is 9.84 Å². The zero-order chi connectivity index (χ0) is 14.6. The second-order valence-electron chi connectivity index (χ2n) is 5.43. The minimum atomic E-state index is -2.84. The molecule has 2 unspecified atom stereocenters. The largest absolute Gasteiger partial charge is 0.313 e. The molecule has 0 saturated carbocycles. The lowest BCUT2D eigenvalue weighted by Gasteiger charge is -2.23. The summed E-state index contributed by atoms with van der Waals surface area (Å²) in [7, 11) is -2.84. The first-order valence-electron chi connectivity index (χ1n) is 7.36. The maximum atomic E-state index is 11.7. The van der Waals surface area contributed by atoms with Crippen molar-refractivity contribution in [1.82, 2.24) is 20.1 Å². The first-order valence-corrected chi connectivity index (χ1v) is 9.18. The summed E-state index contributed by atoms with van der Waals surface area (Å²) in [6, 6.07) is 0.164. The molecular weight excluding hydrogens is 276 g/mol. The van der Waals surface area contributed by atoms with Crippen LogP contribution < -0.4 is 5.32 Å². The van der Waals surface area contributed by atoms with Crippen molar-refractivity contribution in [2.45, 2.75) is 45.7 Å². The van der Waals surface area contributed by atoms with Gasteiger partial charge in [-0.2, -0.15) is 5.10 Å². The molecule has 0 bridgehead atoms. The van der Waals surface area contributed by atoms with Crippen LogP contribution in [0.25, 0.3) is 0 Å². The number of aryl methyl sites for hydroxylation is 1. The van der Waals surface area contributed by atoms with Gasteiger partial charge in [-0.15, -0.1) is 0 Å². The lowest BCUT2D eigenvalue weighted by molar-refractivity contribution is 0.373. The van der Waals surface area contributed by atoms with Crippen LogP contribution in [0.15, 0.2) is 6.33 Å². The van der Waals surface area contributed by atoms with E-state index in [-0.39, 0.29) is 12.0 Å². The van der Waals surface area contributed by atoms with E-state index in [1.807, 2.05) is 11.6 Å². The summed E-state index contributed by atoms with van der Waals surface area (Å²) in [6.45, 7) is 5.85. The Labute approximate surface area is 120 Å². The molecule has 0 aliphatic carbocycles. The van der Waals surface area contributed by atoms with E-state index in [1.54, 1.807) is 6.33 Å². The summed E-state index contributed by atoms with van der Waals surface area (Å²) >= 11 is 0. The molecule has 1 aliphatic heterocycles. The molecule has 0 radical (unpaired) electrons. The van der Waals surface area contributed by atoms with Crippen molar-refractivity contribution in [3.05, 3.63) is 12.2 Å². The van der Waals surface area contributed by atoms with Crippen molar-refractivity contribution in [3.63, 3.8) is 0 Å². The van der Waals surface area contributed by atoms with E-state index < -0.39 is 9.84 Å². The summed E-state index contributed by atoms with van der Waals surface area (Å²) in [5.41, 5.74) is 0. The molecule has 1 aromatic rings. The molecule has 0 amide bonds. The first kappa shape index (κ1) is 15.4. The van der Waals surface area contributed by atoms with Gasteiger partial charge in [0.1, 0.15) is 12.2 Å². The number of nitrogens with one attached hydrogen (secondary N) is 1. The molecule has 2 atom stereocenters. The second kappa shape index (κ2) is 6.67. The standard InChI is InChI=1S/C13H24N4O2S/c1-3-6-17-13(15-10-16-17)8-12(14-4-2)11-5-7-20(18,19)9-11/h10-12,14H,3-9H2,1-2H3. The van der Waals surface area contributed by atoms with Gasteiger partial charge in [-0.3, -0.25) is 4.68 Å². The van der Waals surface area contributed by atoms with Crippen molar-refractivity contribution in [3.8, 4) is 0 Å². The Bertz CT molecular complexity index is 526. The van der Waals surface area contributed by atoms with Crippen LogP contribution >= 0.6 is 0 Å². The van der Waals surface area contributed by atoms with Gasteiger partial charge in [0.2, 0.25) is 0 Å². The molecule has 114 valence electrons. The lowest BCUT2D eigenvalue weighted by atomic mass is 9.96. The predicted molar refractivity (Wildman–Crippen MR) is 78.2 cm³/mol. The van der Waals surface area contributed by atoms with E-state index in [0.29, 0.717) is 11.5 Å². The highest BCUT2D eigenvalue weighted by Crippen LogP contribution is 2.23. The number of rotatable bonds is 7. The highest BCUT2D eigenvalue weighted by atomic mass is 32.2. The Kier molecular flexibility index (Phi) is 5.15. The molecule has 1 saturated heterocycles. The fraction of sp³-hybridized carbons (Fsp3) is 0.846. The number of aromatic nitrogens is 3. The molecule has 1 N–H and O–H groups in total. The third kappa shape index (κ3) is 3.79. The van der Waals surface area contributed by atoms with Gasteiger partial charge in [0.25, 0.3) is 0 Å². The predicted octanol–water partition coefficient (Wildman–Crippen LogP) is 0.643. The number of nitrogens with zero attached hydrogens (tertiary/aromatic N) is 3. The van der Waals surface area contributed by atoms with Gasteiger partial charge in [0.05, 0.1) is 11.5 Å². The van der Waals surface area contributed by atoms with Crippen LogP contribution in [0.3, 0.4) is 0 Å².